The van der Waals surface area contributed by atoms with Gasteiger partial charge in [0, 0.05) is 13.5 Å². The summed E-state index contributed by atoms with van der Waals surface area (Å²) in [7, 11) is 1.64. The molecule has 0 spiro atoms. The van der Waals surface area contributed by atoms with E-state index in [0.29, 0.717) is 6.61 Å². The Morgan fingerprint density at radius 2 is 1.93 bits per heavy atom. The first-order chi connectivity index (χ1) is 13.3. The van der Waals surface area contributed by atoms with Crippen LogP contribution in [0.3, 0.4) is 0 Å². The molecule has 3 heteroatoms. The summed E-state index contributed by atoms with van der Waals surface area (Å²) < 4.78 is 10.4. The highest BCUT2D eigenvalue weighted by Crippen LogP contribution is 2.26. The number of ether oxygens (including phenoxy) is 2. The minimum Gasteiger partial charge on any atom is -0.460 e. The van der Waals surface area contributed by atoms with Crippen molar-refractivity contribution in [2.45, 2.75) is 76.7 Å². The Morgan fingerprint density at radius 1 is 1.15 bits per heavy atom. The Hall–Kier alpha value is -1.97. The van der Waals surface area contributed by atoms with Crippen LogP contribution < -0.4 is 0 Å². The van der Waals surface area contributed by atoms with Gasteiger partial charge in [-0.2, -0.15) is 0 Å². The maximum absolute atomic E-state index is 11.7. The Kier molecular flexibility index (Phi) is 13.9. The van der Waals surface area contributed by atoms with Crippen molar-refractivity contribution in [2.24, 2.45) is 5.92 Å². The largest absolute Gasteiger partial charge is 0.460 e. The van der Waals surface area contributed by atoms with Gasteiger partial charge in [0.05, 0.1) is 12.5 Å². The van der Waals surface area contributed by atoms with Crippen molar-refractivity contribution in [1.29, 1.82) is 0 Å². The molecule has 0 amide bonds. The Balaban J connectivity index is 1.93. The molecule has 1 rings (SSSR count). The molecule has 0 radical (unpaired) electrons. The number of unbranched alkanes of at least 4 members (excludes halogenated alkanes) is 7. The van der Waals surface area contributed by atoms with E-state index in [9.17, 15) is 4.79 Å². The normalized spacial score (nSPS) is 18.5. The number of rotatable bonds is 13. The van der Waals surface area contributed by atoms with E-state index in [1.165, 1.54) is 25.7 Å². The zero-order valence-electron chi connectivity index (χ0n) is 16.8. The highest BCUT2D eigenvalue weighted by molar-refractivity contribution is 5.74. The summed E-state index contributed by atoms with van der Waals surface area (Å²) in [6.45, 7) is 4.20. The van der Waals surface area contributed by atoms with Crippen LogP contribution in [0.15, 0.2) is 24.8 Å². The van der Waals surface area contributed by atoms with Crippen molar-refractivity contribution >= 4 is 5.97 Å². The molecule has 0 aliphatic carbocycles. The monoisotopic (exact) mass is 370 g/mol. The summed E-state index contributed by atoms with van der Waals surface area (Å²) in [4.78, 5) is 11.7. The van der Waals surface area contributed by atoms with Crippen LogP contribution in [-0.2, 0) is 14.3 Å². The van der Waals surface area contributed by atoms with Gasteiger partial charge in [0.1, 0.15) is 6.10 Å². The van der Waals surface area contributed by atoms with E-state index in [-0.39, 0.29) is 18.0 Å². The molecule has 27 heavy (non-hydrogen) atoms. The molecule has 0 saturated carbocycles. The van der Waals surface area contributed by atoms with Crippen LogP contribution in [0, 0.1) is 29.6 Å². The molecule has 1 aliphatic rings. The van der Waals surface area contributed by atoms with Crippen molar-refractivity contribution < 1.29 is 14.3 Å². The SMILES string of the molecule is C=CCCC=CC#CC#CCCCCCCCC[C@@H]1C[C@@H](COC)OC1=O. The summed E-state index contributed by atoms with van der Waals surface area (Å²) in [5.74, 6) is 11.8. The minimum absolute atomic E-state index is 0.0356. The van der Waals surface area contributed by atoms with E-state index in [2.05, 4.69) is 30.3 Å². The summed E-state index contributed by atoms with van der Waals surface area (Å²) in [6, 6.07) is 0. The van der Waals surface area contributed by atoms with E-state index in [1.54, 1.807) is 7.11 Å². The van der Waals surface area contributed by atoms with Gasteiger partial charge >= 0.3 is 5.97 Å². The van der Waals surface area contributed by atoms with Gasteiger partial charge in [-0.1, -0.05) is 56.1 Å². The van der Waals surface area contributed by atoms with Gasteiger partial charge in [0.2, 0.25) is 0 Å². The molecule has 0 bridgehead atoms. The first-order valence-electron chi connectivity index (χ1n) is 10.2. The Labute approximate surface area is 165 Å². The van der Waals surface area contributed by atoms with E-state index in [4.69, 9.17) is 9.47 Å². The highest BCUT2D eigenvalue weighted by atomic mass is 16.6. The van der Waals surface area contributed by atoms with Crippen LogP contribution in [0.25, 0.3) is 0 Å². The fourth-order valence-corrected chi connectivity index (χ4v) is 3.10. The molecule has 1 heterocycles. The van der Waals surface area contributed by atoms with Crippen molar-refractivity contribution in [2.75, 3.05) is 13.7 Å². The van der Waals surface area contributed by atoms with E-state index in [0.717, 1.165) is 44.9 Å². The number of cyclic esters (lactones) is 1. The van der Waals surface area contributed by atoms with Gasteiger partial charge < -0.3 is 9.47 Å². The van der Waals surface area contributed by atoms with Crippen LogP contribution in [-0.4, -0.2) is 25.8 Å². The van der Waals surface area contributed by atoms with Gasteiger partial charge in [0.25, 0.3) is 0 Å². The van der Waals surface area contributed by atoms with Gasteiger partial charge in [-0.3, -0.25) is 4.79 Å². The van der Waals surface area contributed by atoms with Crippen LogP contribution >= 0.6 is 0 Å². The molecule has 2 atom stereocenters. The number of carbonyl (C=O) groups excluding carboxylic acids is 1. The summed E-state index contributed by atoms with van der Waals surface area (Å²) in [6.07, 6.45) is 17.6. The predicted molar refractivity (Wildman–Crippen MR) is 111 cm³/mol. The topological polar surface area (TPSA) is 35.5 Å². The van der Waals surface area contributed by atoms with Gasteiger partial charge in [0.15, 0.2) is 0 Å². The second-order valence-electron chi connectivity index (χ2n) is 6.95. The lowest BCUT2D eigenvalue weighted by molar-refractivity contribution is -0.145. The molecule has 0 N–H and O–H groups in total. The number of carbonyl (C=O) groups is 1. The average Bonchev–Trinajstić information content (AvgIpc) is 3.01. The van der Waals surface area contributed by atoms with Crippen LogP contribution in [0.4, 0.5) is 0 Å². The third-order valence-corrected chi connectivity index (χ3v) is 4.58. The van der Waals surface area contributed by atoms with Crippen molar-refractivity contribution in [3.8, 4) is 23.7 Å². The smallest absolute Gasteiger partial charge is 0.309 e. The quantitative estimate of drug-likeness (QED) is 0.193. The second kappa shape index (κ2) is 16.2. The lowest BCUT2D eigenvalue weighted by Gasteiger charge is -2.06. The maximum Gasteiger partial charge on any atom is 0.309 e. The molecule has 0 aromatic heterocycles. The van der Waals surface area contributed by atoms with Crippen LogP contribution in [0.2, 0.25) is 0 Å². The minimum atomic E-state index is -0.0361. The number of methoxy groups -OCH3 is 1. The van der Waals surface area contributed by atoms with Gasteiger partial charge in [-0.25, -0.2) is 0 Å². The number of hydrogen-bond acceptors (Lipinski definition) is 3. The van der Waals surface area contributed by atoms with E-state index < -0.39 is 0 Å². The number of esters is 1. The maximum atomic E-state index is 11.7. The van der Waals surface area contributed by atoms with Gasteiger partial charge in [-0.05, 0) is 50.0 Å². The lowest BCUT2D eigenvalue weighted by atomic mass is 9.97. The summed E-state index contributed by atoms with van der Waals surface area (Å²) in [5, 5.41) is 0. The molecule has 1 saturated heterocycles. The third kappa shape index (κ3) is 12.1. The molecule has 0 aromatic carbocycles. The molecular weight excluding hydrogens is 336 g/mol. The average molecular weight is 371 g/mol. The highest BCUT2D eigenvalue weighted by Gasteiger charge is 2.33. The van der Waals surface area contributed by atoms with E-state index in [1.807, 2.05) is 18.2 Å². The summed E-state index contributed by atoms with van der Waals surface area (Å²) in [5.41, 5.74) is 0. The molecule has 0 unspecified atom stereocenters. The molecule has 3 nitrogen and oxygen atoms in total. The van der Waals surface area contributed by atoms with Crippen LogP contribution in [0.1, 0.15) is 70.6 Å². The molecular formula is C24H34O3. The van der Waals surface area contributed by atoms with Crippen molar-refractivity contribution in [3.05, 3.63) is 24.8 Å². The molecule has 148 valence electrons. The number of allylic oxidation sites excluding steroid dienone is 3. The predicted octanol–water partition coefficient (Wildman–Crippen LogP) is 5.21. The Morgan fingerprint density at radius 3 is 2.70 bits per heavy atom. The molecule has 1 aliphatic heterocycles. The first kappa shape index (κ1) is 23.1. The standard InChI is InChI=1S/C24H34O3/c1-3-4-5-6-7-8-9-10-11-12-13-14-15-16-17-18-19-22-20-23(21-26-2)27-24(22)25/h3,6-7,22-23H,1,4-5,12-21H2,2H3/t22-,23+/m1/s1. The fraction of sp³-hybridized carbons (Fsp3) is 0.625. The number of hydrogen-bond donors (Lipinski definition) is 0. The van der Waals surface area contributed by atoms with E-state index >= 15 is 0 Å². The first-order valence-corrected chi connectivity index (χ1v) is 10.2. The van der Waals surface area contributed by atoms with Crippen LogP contribution in [0.5, 0.6) is 0 Å². The van der Waals surface area contributed by atoms with Crippen molar-refractivity contribution in [1.82, 2.24) is 0 Å². The molecule has 1 fully saturated rings. The zero-order chi connectivity index (χ0) is 19.6. The third-order valence-electron chi connectivity index (χ3n) is 4.58. The summed E-state index contributed by atoms with van der Waals surface area (Å²) >= 11 is 0. The zero-order valence-corrected chi connectivity index (χ0v) is 16.8. The van der Waals surface area contributed by atoms with Gasteiger partial charge in [-0.15, -0.1) is 6.58 Å². The second-order valence-corrected chi connectivity index (χ2v) is 6.95. The fourth-order valence-electron chi connectivity index (χ4n) is 3.10. The lowest BCUT2D eigenvalue weighted by Crippen LogP contribution is -2.13. The Bertz CT molecular complexity index is 568. The molecule has 0 aromatic rings. The van der Waals surface area contributed by atoms with Crippen molar-refractivity contribution in [3.63, 3.8) is 0 Å².